The molecule has 0 radical (unpaired) electrons. The van der Waals surface area contributed by atoms with Gasteiger partial charge in [0.05, 0.1) is 5.56 Å². The van der Waals surface area contributed by atoms with Crippen LogP contribution in [-0.4, -0.2) is 51.1 Å². The summed E-state index contributed by atoms with van der Waals surface area (Å²) >= 11 is 0. The molecule has 3 aromatic heterocycles. The minimum Gasteiger partial charge on any atom is -0.353 e. The lowest BCUT2D eigenvalue weighted by Crippen LogP contribution is -2.49. The van der Waals surface area contributed by atoms with Crippen LogP contribution in [0.25, 0.3) is 21.8 Å². The van der Waals surface area contributed by atoms with Crippen LogP contribution in [0.5, 0.6) is 0 Å². The van der Waals surface area contributed by atoms with Gasteiger partial charge in [-0.15, -0.1) is 0 Å². The van der Waals surface area contributed by atoms with Crippen LogP contribution < -0.4 is 10.5 Å². The Morgan fingerprint density at radius 2 is 1.69 bits per heavy atom. The number of piperazine rings is 1. The lowest BCUT2D eigenvalue weighted by Gasteiger charge is -2.35. The first-order valence-electron chi connectivity index (χ1n) is 12.7. The van der Waals surface area contributed by atoms with Crippen molar-refractivity contribution in [1.82, 2.24) is 19.0 Å². The summed E-state index contributed by atoms with van der Waals surface area (Å²) in [6.45, 7) is 2.74. The number of para-hydroxylation sites is 1. The second kappa shape index (κ2) is 8.87. The highest BCUT2D eigenvalue weighted by atomic mass is 16.2. The minimum absolute atomic E-state index is 0.0107. The molecule has 2 fully saturated rings. The molecule has 1 saturated heterocycles. The number of nitrogens with zero attached hydrogens (tertiary/aromatic N) is 5. The topological polar surface area (TPSA) is 63.4 Å². The molecule has 0 atom stereocenters. The van der Waals surface area contributed by atoms with Crippen molar-refractivity contribution in [3.63, 3.8) is 0 Å². The lowest BCUT2D eigenvalue weighted by atomic mass is 9.94. The predicted octanol–water partition coefficient (Wildman–Crippen LogP) is 4.36. The Bertz CT molecular complexity index is 1440. The van der Waals surface area contributed by atoms with E-state index in [1.54, 1.807) is 6.20 Å². The monoisotopic (exact) mass is 469 g/mol. The van der Waals surface area contributed by atoms with Gasteiger partial charge >= 0.3 is 0 Å². The highest BCUT2D eigenvalue weighted by molar-refractivity contribution is 6.17. The zero-order valence-electron chi connectivity index (χ0n) is 20.2. The number of carbonyl (C=O) groups is 1. The van der Waals surface area contributed by atoms with Crippen molar-refractivity contribution in [2.45, 2.75) is 38.1 Å². The zero-order valence-corrected chi connectivity index (χ0v) is 20.2. The molecule has 0 spiro atoms. The molecule has 35 heavy (non-hydrogen) atoms. The van der Waals surface area contributed by atoms with Crippen molar-refractivity contribution in [1.29, 1.82) is 0 Å². The Hall–Kier alpha value is -3.61. The number of amides is 1. The van der Waals surface area contributed by atoms with Gasteiger partial charge in [-0.3, -0.25) is 9.59 Å². The number of hydrogen-bond donors (Lipinski definition) is 0. The molecule has 4 aromatic rings. The van der Waals surface area contributed by atoms with E-state index in [1.807, 2.05) is 69.7 Å². The lowest BCUT2D eigenvalue weighted by molar-refractivity contribution is 0.0747. The van der Waals surface area contributed by atoms with Crippen molar-refractivity contribution in [3.05, 3.63) is 70.8 Å². The Balaban J connectivity index is 1.43. The largest absolute Gasteiger partial charge is 0.353 e. The summed E-state index contributed by atoms with van der Waals surface area (Å²) in [6, 6.07) is 14.1. The average Bonchev–Trinajstić information content (AvgIpc) is 3.23. The molecular formula is C28H31N5O2. The maximum absolute atomic E-state index is 14.0. The highest BCUT2D eigenvalue weighted by Crippen LogP contribution is 2.33. The van der Waals surface area contributed by atoms with E-state index >= 15 is 0 Å². The van der Waals surface area contributed by atoms with Crippen LogP contribution in [0.3, 0.4) is 0 Å². The number of anilines is 1. The number of aromatic nitrogens is 3. The van der Waals surface area contributed by atoms with Gasteiger partial charge in [-0.25, -0.2) is 4.98 Å². The van der Waals surface area contributed by atoms with E-state index in [0.717, 1.165) is 60.9 Å². The van der Waals surface area contributed by atoms with Crippen molar-refractivity contribution in [3.8, 4) is 0 Å². The van der Waals surface area contributed by atoms with E-state index in [1.165, 1.54) is 6.42 Å². The quantitative estimate of drug-likeness (QED) is 0.447. The number of benzene rings is 1. The van der Waals surface area contributed by atoms with Crippen molar-refractivity contribution < 1.29 is 4.79 Å². The summed E-state index contributed by atoms with van der Waals surface area (Å²) < 4.78 is 3.85. The van der Waals surface area contributed by atoms with E-state index in [4.69, 9.17) is 0 Å². The van der Waals surface area contributed by atoms with Gasteiger partial charge in [-0.2, -0.15) is 0 Å². The zero-order chi connectivity index (χ0) is 23.9. The number of fused-ring (bicyclic) bond motifs is 3. The van der Waals surface area contributed by atoms with Gasteiger partial charge in [0.1, 0.15) is 11.3 Å². The Morgan fingerprint density at radius 1 is 0.943 bits per heavy atom. The predicted molar refractivity (Wildman–Crippen MR) is 139 cm³/mol. The average molecular weight is 470 g/mol. The van der Waals surface area contributed by atoms with E-state index in [2.05, 4.69) is 9.88 Å². The number of aryl methyl sites for hydroxylation is 1. The fourth-order valence-electron chi connectivity index (χ4n) is 5.94. The molecule has 6 rings (SSSR count). The second-order valence-corrected chi connectivity index (χ2v) is 9.81. The third-order valence-electron chi connectivity index (χ3n) is 7.82. The molecular weight excluding hydrogens is 438 g/mol. The summed E-state index contributed by atoms with van der Waals surface area (Å²) in [7, 11) is 1.94. The van der Waals surface area contributed by atoms with Crippen LogP contribution in [0, 0.1) is 0 Å². The molecule has 1 saturated carbocycles. The molecule has 7 heteroatoms. The molecule has 7 nitrogen and oxygen atoms in total. The number of carbonyl (C=O) groups excluding carboxylic acids is 1. The first-order valence-corrected chi connectivity index (χ1v) is 12.7. The summed E-state index contributed by atoms with van der Waals surface area (Å²) in [4.78, 5) is 36.4. The van der Waals surface area contributed by atoms with Crippen molar-refractivity contribution in [2.75, 3.05) is 31.1 Å². The van der Waals surface area contributed by atoms with Crippen molar-refractivity contribution >= 4 is 33.5 Å². The third kappa shape index (κ3) is 3.70. The van der Waals surface area contributed by atoms with Crippen LogP contribution >= 0.6 is 0 Å². The molecule has 0 bridgehead atoms. The van der Waals surface area contributed by atoms with Gasteiger partial charge in [0, 0.05) is 68.0 Å². The maximum atomic E-state index is 14.0. The number of rotatable bonds is 3. The summed E-state index contributed by atoms with van der Waals surface area (Å²) in [5.74, 6) is 0.957. The van der Waals surface area contributed by atoms with Gasteiger partial charge < -0.3 is 18.9 Å². The number of pyridine rings is 2. The summed E-state index contributed by atoms with van der Waals surface area (Å²) in [5.41, 5.74) is 2.28. The smallest absolute Gasteiger partial charge is 0.275 e. The molecule has 4 heterocycles. The fourth-order valence-corrected chi connectivity index (χ4v) is 5.94. The molecule has 1 aliphatic carbocycles. The molecule has 1 amide bonds. The second-order valence-electron chi connectivity index (χ2n) is 9.81. The summed E-state index contributed by atoms with van der Waals surface area (Å²) in [6.07, 6.45) is 9.14. The molecule has 180 valence electrons. The molecule has 2 aliphatic rings. The van der Waals surface area contributed by atoms with Gasteiger partial charge in [-0.05, 0) is 31.0 Å². The number of hydrogen-bond acceptors (Lipinski definition) is 4. The maximum Gasteiger partial charge on any atom is 0.275 e. The van der Waals surface area contributed by atoms with Crippen LogP contribution in [0.15, 0.2) is 59.7 Å². The van der Waals surface area contributed by atoms with Crippen LogP contribution in [0.2, 0.25) is 0 Å². The van der Waals surface area contributed by atoms with Gasteiger partial charge in [0.25, 0.3) is 11.5 Å². The summed E-state index contributed by atoms with van der Waals surface area (Å²) in [5, 5.41) is 1.76. The van der Waals surface area contributed by atoms with Crippen molar-refractivity contribution in [2.24, 2.45) is 7.05 Å². The standard InChI is InChI=1S/C28H31N5O2/c1-30-23-12-6-5-11-21(23)25-22(19-33(28(35)26(25)30)20-9-3-2-4-10-20)27(34)32-17-15-31(16-18-32)24-13-7-8-14-29-24/h5-8,11-14,19-20H,2-4,9-10,15-18H2,1H3. The van der Waals surface area contributed by atoms with E-state index in [-0.39, 0.29) is 17.5 Å². The van der Waals surface area contributed by atoms with Gasteiger partial charge in [0.15, 0.2) is 0 Å². The molecule has 1 aromatic carbocycles. The first kappa shape index (κ1) is 21.9. The molecule has 0 N–H and O–H groups in total. The van der Waals surface area contributed by atoms with E-state index in [9.17, 15) is 9.59 Å². The van der Waals surface area contributed by atoms with Gasteiger partial charge in [0.2, 0.25) is 0 Å². The molecule has 1 aliphatic heterocycles. The first-order chi connectivity index (χ1) is 17.1. The van der Waals surface area contributed by atoms with Crippen LogP contribution in [-0.2, 0) is 7.05 Å². The Labute approximate surface area is 204 Å². The van der Waals surface area contributed by atoms with Crippen LogP contribution in [0.1, 0.15) is 48.5 Å². The molecule has 0 unspecified atom stereocenters. The fraction of sp³-hybridized carbons (Fsp3) is 0.393. The van der Waals surface area contributed by atoms with Crippen LogP contribution in [0.4, 0.5) is 5.82 Å². The Morgan fingerprint density at radius 3 is 2.43 bits per heavy atom. The Kier molecular flexibility index (Phi) is 5.55. The van der Waals surface area contributed by atoms with Gasteiger partial charge in [-0.1, -0.05) is 43.5 Å². The third-order valence-corrected chi connectivity index (χ3v) is 7.82. The minimum atomic E-state index is 0.0107. The normalized spacial score (nSPS) is 17.4. The van der Waals surface area contributed by atoms with E-state index < -0.39 is 0 Å². The SMILES string of the molecule is Cn1c2ccccc2c2c(C(=O)N3CCN(c4ccccn4)CC3)cn(C3CCCCC3)c(=O)c21. The highest BCUT2D eigenvalue weighted by Gasteiger charge is 2.29. The van der Waals surface area contributed by atoms with E-state index in [0.29, 0.717) is 24.2 Å².